The molecule has 2 heterocycles. The number of quaternary nitrogens is 1. The fourth-order valence-corrected chi connectivity index (χ4v) is 6.23. The van der Waals surface area contributed by atoms with Crippen molar-refractivity contribution < 1.29 is 22.8 Å². The zero-order chi connectivity index (χ0) is 21.0. The first kappa shape index (κ1) is 21.9. The highest BCUT2D eigenvalue weighted by Crippen LogP contribution is 2.27. The molecule has 2 aliphatic heterocycles. The van der Waals surface area contributed by atoms with Crippen molar-refractivity contribution in [2.75, 3.05) is 55.7 Å². The number of nitrogens with zero attached hydrogens (tertiary/aromatic N) is 2. The summed E-state index contributed by atoms with van der Waals surface area (Å²) in [6.07, 6.45) is 0.561. The van der Waals surface area contributed by atoms with Crippen LogP contribution in [0.2, 0.25) is 0 Å². The van der Waals surface area contributed by atoms with Gasteiger partial charge in [0.25, 0.3) is 5.91 Å². The molecule has 1 N–H and O–H groups in total. The Morgan fingerprint density at radius 2 is 1.97 bits per heavy atom. The van der Waals surface area contributed by atoms with Gasteiger partial charge in [-0.25, -0.2) is 8.42 Å². The van der Waals surface area contributed by atoms with E-state index in [1.807, 2.05) is 39.0 Å². The maximum absolute atomic E-state index is 13.1. The Bertz CT molecular complexity index is 806. The summed E-state index contributed by atoms with van der Waals surface area (Å²) in [7, 11) is -3.00. The molecule has 0 bridgehead atoms. The summed E-state index contributed by atoms with van der Waals surface area (Å²) in [5.41, 5.74) is 1.11. The van der Waals surface area contributed by atoms with Gasteiger partial charge in [0, 0.05) is 12.6 Å². The number of hydrogen-bond acceptors (Lipinski definition) is 5. The van der Waals surface area contributed by atoms with Crippen LogP contribution in [0.15, 0.2) is 24.3 Å². The number of ether oxygens (including phenoxy) is 1. The lowest BCUT2D eigenvalue weighted by Gasteiger charge is -2.38. The van der Waals surface area contributed by atoms with Gasteiger partial charge in [0.15, 0.2) is 15.9 Å². The zero-order valence-corrected chi connectivity index (χ0v) is 18.6. The third-order valence-electron chi connectivity index (χ3n) is 6.17. The summed E-state index contributed by atoms with van der Waals surface area (Å²) in [6.45, 7) is 10.6. The molecule has 162 valence electrons. The minimum Gasteiger partial charge on any atom is -0.492 e. The van der Waals surface area contributed by atoms with E-state index in [2.05, 4.69) is 11.0 Å². The van der Waals surface area contributed by atoms with E-state index in [0.717, 1.165) is 37.6 Å². The van der Waals surface area contributed by atoms with Gasteiger partial charge in [-0.1, -0.05) is 12.1 Å². The average molecular weight is 425 g/mol. The molecule has 0 unspecified atom stereocenters. The molecule has 1 aromatic carbocycles. The monoisotopic (exact) mass is 424 g/mol. The molecule has 0 saturated carbocycles. The molecule has 2 aliphatic rings. The molecule has 0 spiro atoms. The number of likely N-dealkylation sites (N-methyl/N-ethyl adjacent to an activating group) is 1. The van der Waals surface area contributed by atoms with E-state index in [9.17, 15) is 13.2 Å². The number of hydrogen-bond donors (Lipinski definition) is 1. The van der Waals surface area contributed by atoms with Gasteiger partial charge in [-0.05, 0) is 39.3 Å². The number of benzene rings is 1. The van der Waals surface area contributed by atoms with Gasteiger partial charge in [0.1, 0.15) is 5.75 Å². The molecule has 0 aliphatic carbocycles. The summed E-state index contributed by atoms with van der Waals surface area (Å²) in [5.74, 6) is 1.28. The molecule has 7 nitrogen and oxygen atoms in total. The van der Waals surface area contributed by atoms with Crippen LogP contribution >= 0.6 is 0 Å². The first-order valence-electron chi connectivity index (χ1n) is 10.7. The van der Waals surface area contributed by atoms with Crippen LogP contribution in [0.3, 0.4) is 0 Å². The second-order valence-electron chi connectivity index (χ2n) is 7.95. The normalized spacial score (nSPS) is 23.0. The number of carbonyl (C=O) groups excluding carboxylic acids is 1. The molecule has 0 aromatic heterocycles. The molecule has 3 rings (SSSR count). The first-order chi connectivity index (χ1) is 13.9. The highest BCUT2D eigenvalue weighted by atomic mass is 32.2. The van der Waals surface area contributed by atoms with Crippen LogP contribution in [-0.4, -0.2) is 82.1 Å². The van der Waals surface area contributed by atoms with E-state index < -0.39 is 9.84 Å². The third kappa shape index (κ3) is 5.04. The average Bonchev–Trinajstić information content (AvgIpc) is 3.08. The maximum Gasteiger partial charge on any atom is 0.280 e. The Balaban J connectivity index is 1.61. The van der Waals surface area contributed by atoms with E-state index in [1.165, 1.54) is 4.90 Å². The summed E-state index contributed by atoms with van der Waals surface area (Å²) >= 11 is 0. The largest absolute Gasteiger partial charge is 0.492 e. The van der Waals surface area contributed by atoms with Crippen LogP contribution in [-0.2, 0) is 14.6 Å². The summed E-state index contributed by atoms with van der Waals surface area (Å²) in [5, 5.41) is 0. The lowest BCUT2D eigenvalue weighted by molar-refractivity contribution is -0.915. The lowest BCUT2D eigenvalue weighted by Crippen LogP contribution is -3.19. The van der Waals surface area contributed by atoms with Crippen molar-refractivity contribution in [3.8, 4) is 5.75 Å². The SMILES string of the molecule is CCOc1ccccc1N1CC[NH+]([C@H](C)C(=O)N(CC)[C@@H]2CCS(=O)(=O)C2)CC1. The Hall–Kier alpha value is -1.80. The fraction of sp³-hybridized carbons (Fsp3) is 0.667. The molecule has 2 saturated heterocycles. The van der Waals surface area contributed by atoms with Crippen LogP contribution in [0.1, 0.15) is 27.2 Å². The highest BCUT2D eigenvalue weighted by molar-refractivity contribution is 7.91. The number of nitrogens with one attached hydrogen (secondary N) is 1. The van der Waals surface area contributed by atoms with Crippen LogP contribution in [0.5, 0.6) is 5.75 Å². The van der Waals surface area contributed by atoms with Gasteiger partial charge in [0.05, 0.1) is 50.0 Å². The van der Waals surface area contributed by atoms with E-state index in [0.29, 0.717) is 19.6 Å². The molecule has 1 aromatic rings. The number of anilines is 1. The van der Waals surface area contributed by atoms with E-state index in [1.54, 1.807) is 4.90 Å². The smallest absolute Gasteiger partial charge is 0.280 e. The van der Waals surface area contributed by atoms with Crippen molar-refractivity contribution in [1.82, 2.24) is 4.90 Å². The van der Waals surface area contributed by atoms with Crippen LogP contribution in [0, 0.1) is 0 Å². The van der Waals surface area contributed by atoms with Crippen molar-refractivity contribution in [2.24, 2.45) is 0 Å². The quantitative estimate of drug-likeness (QED) is 0.678. The predicted octanol–water partition coefficient (Wildman–Crippen LogP) is 0.214. The topological polar surface area (TPSA) is 71.4 Å². The number of amides is 1. The molecule has 2 fully saturated rings. The Kier molecular flexibility index (Phi) is 7.05. The lowest BCUT2D eigenvalue weighted by atomic mass is 10.1. The van der Waals surface area contributed by atoms with Crippen molar-refractivity contribution in [2.45, 2.75) is 39.3 Å². The van der Waals surface area contributed by atoms with Crippen LogP contribution in [0.25, 0.3) is 0 Å². The van der Waals surface area contributed by atoms with Gasteiger partial charge in [-0.2, -0.15) is 0 Å². The molecule has 1 amide bonds. The second-order valence-corrected chi connectivity index (χ2v) is 10.2. The molecular weight excluding hydrogens is 390 g/mol. The van der Waals surface area contributed by atoms with Crippen molar-refractivity contribution in [3.05, 3.63) is 24.3 Å². The minimum atomic E-state index is -3.00. The van der Waals surface area contributed by atoms with Gasteiger partial charge in [0.2, 0.25) is 0 Å². The van der Waals surface area contributed by atoms with Gasteiger partial charge < -0.3 is 19.4 Å². The van der Waals surface area contributed by atoms with Gasteiger partial charge >= 0.3 is 0 Å². The molecule has 29 heavy (non-hydrogen) atoms. The number of sulfone groups is 1. The fourth-order valence-electron chi connectivity index (χ4n) is 4.50. The Labute approximate surface area is 174 Å². The molecule has 8 heteroatoms. The van der Waals surface area contributed by atoms with Crippen molar-refractivity contribution in [3.63, 3.8) is 0 Å². The Morgan fingerprint density at radius 1 is 1.28 bits per heavy atom. The zero-order valence-electron chi connectivity index (χ0n) is 17.8. The van der Waals surface area contributed by atoms with Gasteiger partial charge in [-0.3, -0.25) is 4.79 Å². The number of para-hydroxylation sites is 2. The Morgan fingerprint density at radius 3 is 2.55 bits per heavy atom. The number of piperazine rings is 1. The van der Waals surface area contributed by atoms with Crippen LogP contribution in [0.4, 0.5) is 5.69 Å². The highest BCUT2D eigenvalue weighted by Gasteiger charge is 2.38. The molecule has 0 radical (unpaired) electrons. The van der Waals surface area contributed by atoms with E-state index in [4.69, 9.17) is 4.74 Å². The maximum atomic E-state index is 13.1. The van der Waals surface area contributed by atoms with Crippen LogP contribution < -0.4 is 14.5 Å². The minimum absolute atomic E-state index is 0.0766. The second kappa shape index (κ2) is 9.34. The summed E-state index contributed by atoms with van der Waals surface area (Å²) in [4.78, 5) is 18.5. The van der Waals surface area contributed by atoms with Crippen molar-refractivity contribution >= 4 is 21.4 Å². The first-order valence-corrected chi connectivity index (χ1v) is 12.5. The predicted molar refractivity (Wildman–Crippen MR) is 114 cm³/mol. The number of carbonyl (C=O) groups is 1. The summed E-state index contributed by atoms with van der Waals surface area (Å²) in [6, 6.07) is 7.77. The van der Waals surface area contributed by atoms with E-state index >= 15 is 0 Å². The van der Waals surface area contributed by atoms with Crippen molar-refractivity contribution in [1.29, 1.82) is 0 Å². The third-order valence-corrected chi connectivity index (χ3v) is 7.92. The summed E-state index contributed by atoms with van der Waals surface area (Å²) < 4.78 is 29.4. The number of rotatable bonds is 7. The molecular formula is C21H34N3O4S+. The van der Waals surface area contributed by atoms with Gasteiger partial charge in [-0.15, -0.1) is 0 Å². The molecule has 2 atom stereocenters. The van der Waals surface area contributed by atoms with E-state index in [-0.39, 0.29) is 29.5 Å². The standard InChI is InChI=1S/C21H33N3O4S/c1-4-24(18-10-15-29(26,27)16-18)21(25)17(3)22-11-13-23(14-12-22)19-8-6-7-9-20(19)28-5-2/h6-9,17-18H,4-5,10-16H2,1-3H3/p+1/t17-,18-/m1/s1.